The van der Waals surface area contributed by atoms with Crippen molar-refractivity contribution in [2.75, 3.05) is 0 Å². The maximum absolute atomic E-state index is 11.4. The van der Waals surface area contributed by atoms with E-state index in [1.165, 1.54) is 21.5 Å². The molecule has 2 heteroatoms. The Morgan fingerprint density at radius 1 is 0.254 bits per heavy atom. The first-order valence-corrected chi connectivity index (χ1v) is 20.1. The van der Waals surface area contributed by atoms with Crippen LogP contribution in [0, 0.1) is 0 Å². The molecule has 0 unspecified atom stereocenters. The third kappa shape index (κ3) is 5.64. The zero-order valence-electron chi connectivity index (χ0n) is 32.2. The van der Waals surface area contributed by atoms with Gasteiger partial charge >= 0.3 is 0 Å². The molecule has 0 amide bonds. The van der Waals surface area contributed by atoms with Crippen molar-refractivity contribution >= 4 is 21.5 Å². The van der Waals surface area contributed by atoms with E-state index >= 15 is 0 Å². The van der Waals surface area contributed by atoms with Crippen LogP contribution >= 0.6 is 0 Å². The minimum atomic E-state index is -0.817. The van der Waals surface area contributed by atoms with Gasteiger partial charge < -0.3 is 10.2 Å². The van der Waals surface area contributed by atoms with E-state index < -0.39 is 5.41 Å². The number of hydrogen-bond donors (Lipinski definition) is 2. The average molecular weight is 755 g/mol. The van der Waals surface area contributed by atoms with Crippen molar-refractivity contribution in [1.82, 2.24) is 0 Å². The molecule has 2 N–H and O–H groups in total. The van der Waals surface area contributed by atoms with Gasteiger partial charge in [-0.2, -0.15) is 0 Å². The van der Waals surface area contributed by atoms with Crippen molar-refractivity contribution in [3.63, 3.8) is 0 Å². The second kappa shape index (κ2) is 13.8. The zero-order valence-corrected chi connectivity index (χ0v) is 32.2. The standard InChI is InChI=1S/C57H38O2/c58-55-29-25-47(35-49(55)39-13-3-1-4-14-39)57(48-26-30-56(59)50(36-48)40-15-5-2-6-16-40)53-27-23-45(43-21-19-37-11-7-9-17-41(37)31-43)33-51(53)52-34-46(24-28-54(52)57)44-22-20-38-12-8-10-18-42(38)32-44/h1-36,58-59H. The summed E-state index contributed by atoms with van der Waals surface area (Å²) in [6.07, 6.45) is 0. The third-order valence-corrected chi connectivity index (χ3v) is 12.3. The van der Waals surface area contributed by atoms with Crippen LogP contribution in [-0.4, -0.2) is 10.2 Å². The fourth-order valence-electron chi connectivity index (χ4n) is 9.46. The molecule has 0 fully saturated rings. The molecule has 1 aliphatic rings. The van der Waals surface area contributed by atoms with Gasteiger partial charge in [-0.1, -0.05) is 170 Å². The number of benzene rings is 10. The molecule has 278 valence electrons. The molecule has 2 nitrogen and oxygen atoms in total. The second-order valence-electron chi connectivity index (χ2n) is 15.6. The first-order valence-electron chi connectivity index (χ1n) is 20.1. The molecule has 59 heavy (non-hydrogen) atoms. The Morgan fingerprint density at radius 2 is 0.627 bits per heavy atom. The Kier molecular flexibility index (Phi) is 8.06. The van der Waals surface area contributed by atoms with Crippen LogP contribution < -0.4 is 0 Å². The summed E-state index contributed by atoms with van der Waals surface area (Å²) in [4.78, 5) is 0. The molecule has 0 saturated heterocycles. The van der Waals surface area contributed by atoms with Crippen LogP contribution in [0.25, 0.3) is 77.2 Å². The lowest BCUT2D eigenvalue weighted by Crippen LogP contribution is -2.28. The van der Waals surface area contributed by atoms with Gasteiger partial charge in [0.05, 0.1) is 5.41 Å². The smallest absolute Gasteiger partial charge is 0.123 e. The SMILES string of the molecule is Oc1ccc(C2(c3ccc(O)c(-c4ccccc4)c3)c3ccc(-c4ccc5ccccc5c4)cc3-c3cc(-c4ccc5ccccc5c4)ccc32)cc1-c1ccccc1. The lowest BCUT2D eigenvalue weighted by atomic mass is 9.66. The molecule has 10 aromatic carbocycles. The first kappa shape index (κ1) is 34.6. The molecule has 10 aromatic rings. The normalized spacial score (nSPS) is 12.7. The maximum atomic E-state index is 11.4. The lowest BCUT2D eigenvalue weighted by molar-refractivity contribution is 0.477. The average Bonchev–Trinajstić information content (AvgIpc) is 3.59. The van der Waals surface area contributed by atoms with E-state index in [1.807, 2.05) is 72.8 Å². The molecular weight excluding hydrogens is 717 g/mol. The zero-order chi connectivity index (χ0) is 39.5. The Morgan fingerprint density at radius 3 is 1.07 bits per heavy atom. The Balaban J connectivity index is 1.22. The molecule has 0 aliphatic heterocycles. The lowest BCUT2D eigenvalue weighted by Gasteiger charge is -2.35. The van der Waals surface area contributed by atoms with Gasteiger partial charge in [-0.3, -0.25) is 0 Å². The fraction of sp³-hybridized carbons (Fsp3) is 0.0175. The van der Waals surface area contributed by atoms with E-state index in [2.05, 4.69) is 146 Å². The van der Waals surface area contributed by atoms with Crippen LogP contribution in [-0.2, 0) is 5.41 Å². The van der Waals surface area contributed by atoms with Gasteiger partial charge in [0.15, 0.2) is 0 Å². The summed E-state index contributed by atoms with van der Waals surface area (Å²) >= 11 is 0. The number of phenols is 2. The van der Waals surface area contributed by atoms with Crippen LogP contribution in [0.5, 0.6) is 11.5 Å². The van der Waals surface area contributed by atoms with Crippen LogP contribution in [0.2, 0.25) is 0 Å². The van der Waals surface area contributed by atoms with E-state index in [4.69, 9.17) is 0 Å². The molecular formula is C57H38O2. The number of fused-ring (bicyclic) bond motifs is 5. The molecule has 0 atom stereocenters. The van der Waals surface area contributed by atoms with Gasteiger partial charge in [-0.15, -0.1) is 0 Å². The van der Waals surface area contributed by atoms with Crippen molar-refractivity contribution in [1.29, 1.82) is 0 Å². The van der Waals surface area contributed by atoms with Gasteiger partial charge in [0.2, 0.25) is 0 Å². The number of rotatable bonds is 6. The van der Waals surface area contributed by atoms with Crippen LogP contribution in [0.4, 0.5) is 0 Å². The summed E-state index contributed by atoms with van der Waals surface area (Å²) in [6, 6.07) is 76.6. The highest BCUT2D eigenvalue weighted by Gasteiger charge is 2.47. The molecule has 0 saturated carbocycles. The minimum Gasteiger partial charge on any atom is -0.507 e. The van der Waals surface area contributed by atoms with Crippen molar-refractivity contribution in [2.45, 2.75) is 5.41 Å². The Bertz CT molecular complexity index is 3020. The monoisotopic (exact) mass is 754 g/mol. The van der Waals surface area contributed by atoms with Crippen molar-refractivity contribution in [2.24, 2.45) is 0 Å². The summed E-state index contributed by atoms with van der Waals surface area (Å²) < 4.78 is 0. The van der Waals surface area contributed by atoms with E-state index in [9.17, 15) is 10.2 Å². The van der Waals surface area contributed by atoms with Crippen LogP contribution in [0.1, 0.15) is 22.3 Å². The second-order valence-corrected chi connectivity index (χ2v) is 15.6. The van der Waals surface area contributed by atoms with E-state index in [1.54, 1.807) is 0 Å². The highest BCUT2D eigenvalue weighted by atomic mass is 16.3. The fourth-order valence-corrected chi connectivity index (χ4v) is 9.46. The van der Waals surface area contributed by atoms with Crippen molar-refractivity contribution in [3.05, 3.63) is 241 Å². The molecule has 11 rings (SSSR count). The van der Waals surface area contributed by atoms with Gasteiger partial charge in [-0.25, -0.2) is 0 Å². The van der Waals surface area contributed by atoms with Gasteiger partial charge in [0, 0.05) is 11.1 Å². The third-order valence-electron chi connectivity index (χ3n) is 12.3. The quantitative estimate of drug-likeness (QED) is 0.177. The Labute approximate surface area is 343 Å². The molecule has 0 spiro atoms. The molecule has 0 radical (unpaired) electrons. The predicted molar refractivity (Wildman–Crippen MR) is 244 cm³/mol. The summed E-state index contributed by atoms with van der Waals surface area (Å²) in [7, 11) is 0. The van der Waals surface area contributed by atoms with E-state index in [0.717, 1.165) is 77.9 Å². The molecule has 0 heterocycles. The molecule has 0 bridgehead atoms. The van der Waals surface area contributed by atoms with Crippen LogP contribution in [0.15, 0.2) is 218 Å². The summed E-state index contributed by atoms with van der Waals surface area (Å²) in [5.74, 6) is 0.449. The molecule has 0 aromatic heterocycles. The highest BCUT2D eigenvalue weighted by Crippen LogP contribution is 2.59. The molecule has 1 aliphatic carbocycles. The predicted octanol–water partition coefficient (Wildman–Crippen LogP) is 14.4. The number of hydrogen-bond acceptors (Lipinski definition) is 2. The minimum absolute atomic E-state index is 0.225. The summed E-state index contributed by atoms with van der Waals surface area (Å²) in [5, 5.41) is 27.7. The number of aromatic hydroxyl groups is 2. The first-order chi connectivity index (χ1) is 29.0. The highest BCUT2D eigenvalue weighted by molar-refractivity contribution is 5.95. The van der Waals surface area contributed by atoms with Gasteiger partial charge in [0.25, 0.3) is 0 Å². The summed E-state index contributed by atoms with van der Waals surface area (Å²) in [6.45, 7) is 0. The van der Waals surface area contributed by atoms with Crippen molar-refractivity contribution < 1.29 is 10.2 Å². The van der Waals surface area contributed by atoms with Crippen LogP contribution in [0.3, 0.4) is 0 Å². The number of phenolic OH excluding ortho intramolecular Hbond substituents is 2. The largest absolute Gasteiger partial charge is 0.507 e. The Hall–Kier alpha value is -7.68. The van der Waals surface area contributed by atoms with Gasteiger partial charge in [-0.05, 0) is 137 Å². The topological polar surface area (TPSA) is 40.5 Å². The summed E-state index contributed by atoms with van der Waals surface area (Å²) in [5.41, 5.74) is 13.8. The van der Waals surface area contributed by atoms with Gasteiger partial charge in [0.1, 0.15) is 11.5 Å². The maximum Gasteiger partial charge on any atom is 0.123 e. The van der Waals surface area contributed by atoms with Crippen molar-refractivity contribution in [3.8, 4) is 67.1 Å². The van der Waals surface area contributed by atoms with E-state index in [-0.39, 0.29) is 11.5 Å². The van der Waals surface area contributed by atoms with E-state index in [0.29, 0.717) is 0 Å².